The highest BCUT2D eigenvalue weighted by Crippen LogP contribution is 2.29. The highest BCUT2D eigenvalue weighted by atomic mass is 19.1. The molecule has 1 aromatic rings. The lowest BCUT2D eigenvalue weighted by atomic mass is 9.99. The van der Waals surface area contributed by atoms with Gasteiger partial charge in [-0.15, -0.1) is 0 Å². The van der Waals surface area contributed by atoms with Gasteiger partial charge in [0.2, 0.25) is 0 Å². The minimum Gasteiger partial charge on any atom is -0.490 e. The largest absolute Gasteiger partial charge is 0.490 e. The SMILES string of the molecule is O=C(O)CCC1CCc2cc(F)ccc2O1. The summed E-state index contributed by atoms with van der Waals surface area (Å²) in [7, 11) is 0. The van der Waals surface area contributed by atoms with Crippen LogP contribution < -0.4 is 4.74 Å². The Morgan fingerprint density at radius 2 is 2.38 bits per heavy atom. The maximum Gasteiger partial charge on any atom is 0.303 e. The lowest BCUT2D eigenvalue weighted by Gasteiger charge is -2.25. The topological polar surface area (TPSA) is 46.5 Å². The number of aliphatic carboxylic acids is 1. The van der Waals surface area contributed by atoms with Gasteiger partial charge in [0.1, 0.15) is 11.6 Å². The number of hydrogen-bond donors (Lipinski definition) is 1. The summed E-state index contributed by atoms with van der Waals surface area (Å²) in [6, 6.07) is 4.44. The molecule has 1 atom stereocenters. The quantitative estimate of drug-likeness (QED) is 0.857. The molecule has 86 valence electrons. The third kappa shape index (κ3) is 2.51. The second-order valence-electron chi connectivity index (χ2n) is 3.96. The summed E-state index contributed by atoms with van der Waals surface area (Å²) in [4.78, 5) is 10.4. The van der Waals surface area contributed by atoms with Crippen molar-refractivity contribution < 1.29 is 19.0 Å². The van der Waals surface area contributed by atoms with E-state index in [0.717, 1.165) is 18.4 Å². The fourth-order valence-corrected chi connectivity index (χ4v) is 1.90. The first-order valence-electron chi connectivity index (χ1n) is 5.32. The number of halogens is 1. The average Bonchev–Trinajstić information content (AvgIpc) is 2.26. The monoisotopic (exact) mass is 224 g/mol. The van der Waals surface area contributed by atoms with E-state index in [1.807, 2.05) is 0 Å². The highest BCUT2D eigenvalue weighted by molar-refractivity contribution is 5.66. The molecule has 0 spiro atoms. The third-order valence-electron chi connectivity index (χ3n) is 2.73. The lowest BCUT2D eigenvalue weighted by molar-refractivity contribution is -0.137. The molecule has 3 nitrogen and oxygen atoms in total. The Bertz CT molecular complexity index is 403. The summed E-state index contributed by atoms with van der Waals surface area (Å²) in [5.41, 5.74) is 0.867. The first-order valence-corrected chi connectivity index (χ1v) is 5.32. The summed E-state index contributed by atoms with van der Waals surface area (Å²) in [6.07, 6.45) is 2.06. The molecule has 4 heteroatoms. The molecule has 1 aromatic carbocycles. The first-order chi connectivity index (χ1) is 7.65. The van der Waals surface area contributed by atoms with Gasteiger partial charge in [-0.2, -0.15) is 0 Å². The summed E-state index contributed by atoms with van der Waals surface area (Å²) in [5.74, 6) is -0.386. The lowest BCUT2D eigenvalue weighted by Crippen LogP contribution is -2.23. The molecule has 0 radical (unpaired) electrons. The van der Waals surface area contributed by atoms with Crippen molar-refractivity contribution in [1.29, 1.82) is 0 Å². The molecule has 2 rings (SSSR count). The van der Waals surface area contributed by atoms with Crippen molar-refractivity contribution in [3.8, 4) is 5.75 Å². The van der Waals surface area contributed by atoms with Gasteiger partial charge in [0, 0.05) is 6.42 Å². The second kappa shape index (κ2) is 4.51. The van der Waals surface area contributed by atoms with E-state index < -0.39 is 5.97 Å². The van der Waals surface area contributed by atoms with Crippen molar-refractivity contribution in [2.75, 3.05) is 0 Å². The Hall–Kier alpha value is -1.58. The van der Waals surface area contributed by atoms with Crippen LogP contribution in [-0.2, 0) is 11.2 Å². The number of ether oxygens (including phenoxy) is 1. The van der Waals surface area contributed by atoms with Gasteiger partial charge in [-0.3, -0.25) is 4.79 Å². The second-order valence-corrected chi connectivity index (χ2v) is 3.96. The van der Waals surface area contributed by atoms with Gasteiger partial charge >= 0.3 is 5.97 Å². The molecule has 1 unspecified atom stereocenters. The van der Waals surface area contributed by atoms with E-state index in [0.29, 0.717) is 12.2 Å². The van der Waals surface area contributed by atoms with Gasteiger partial charge in [-0.25, -0.2) is 4.39 Å². The third-order valence-corrected chi connectivity index (χ3v) is 2.73. The predicted octanol–water partition coefficient (Wildman–Crippen LogP) is 2.38. The molecule has 1 aliphatic rings. The van der Waals surface area contributed by atoms with E-state index >= 15 is 0 Å². The van der Waals surface area contributed by atoms with Crippen molar-refractivity contribution in [3.63, 3.8) is 0 Å². The van der Waals surface area contributed by atoms with E-state index in [4.69, 9.17) is 9.84 Å². The van der Waals surface area contributed by atoms with Crippen molar-refractivity contribution in [3.05, 3.63) is 29.6 Å². The van der Waals surface area contributed by atoms with Gasteiger partial charge < -0.3 is 9.84 Å². The normalized spacial score (nSPS) is 18.7. The van der Waals surface area contributed by atoms with Crippen LogP contribution in [0, 0.1) is 5.82 Å². The van der Waals surface area contributed by atoms with Crippen molar-refractivity contribution in [1.82, 2.24) is 0 Å². The number of fused-ring (bicyclic) bond motifs is 1. The fraction of sp³-hybridized carbons (Fsp3) is 0.417. The van der Waals surface area contributed by atoms with Crippen molar-refractivity contribution in [2.45, 2.75) is 31.8 Å². The maximum absolute atomic E-state index is 12.9. The van der Waals surface area contributed by atoms with E-state index in [2.05, 4.69) is 0 Å². The van der Waals surface area contributed by atoms with Gasteiger partial charge in [0.05, 0.1) is 6.10 Å². The van der Waals surface area contributed by atoms with Crippen LogP contribution in [0.25, 0.3) is 0 Å². The van der Waals surface area contributed by atoms with Crippen molar-refractivity contribution >= 4 is 5.97 Å². The molecule has 16 heavy (non-hydrogen) atoms. The molecule has 1 heterocycles. The van der Waals surface area contributed by atoms with E-state index in [1.165, 1.54) is 12.1 Å². The zero-order valence-electron chi connectivity index (χ0n) is 8.78. The van der Waals surface area contributed by atoms with Crippen LogP contribution in [0.4, 0.5) is 4.39 Å². The molecule has 0 aliphatic carbocycles. The minimum absolute atomic E-state index is 0.0611. The smallest absolute Gasteiger partial charge is 0.303 e. The molecule has 0 saturated carbocycles. The summed E-state index contributed by atoms with van der Waals surface area (Å²) >= 11 is 0. The van der Waals surface area contributed by atoms with Crippen LogP contribution in [0.15, 0.2) is 18.2 Å². The van der Waals surface area contributed by atoms with Crippen LogP contribution in [-0.4, -0.2) is 17.2 Å². The van der Waals surface area contributed by atoms with E-state index in [-0.39, 0.29) is 18.3 Å². The Morgan fingerprint density at radius 3 is 3.12 bits per heavy atom. The first kappa shape index (κ1) is 10.9. The number of carbonyl (C=O) groups is 1. The number of benzene rings is 1. The molecular formula is C12H13FO3. The molecule has 1 N–H and O–H groups in total. The van der Waals surface area contributed by atoms with Crippen LogP contribution in [0.3, 0.4) is 0 Å². The molecule has 0 aromatic heterocycles. The van der Waals surface area contributed by atoms with Gasteiger partial charge in [0.15, 0.2) is 0 Å². The molecule has 1 aliphatic heterocycles. The number of carboxylic acids is 1. The Balaban J connectivity index is 2.01. The molecule has 0 fully saturated rings. The van der Waals surface area contributed by atoms with Crippen LogP contribution in [0.1, 0.15) is 24.8 Å². The summed E-state index contributed by atoms with van der Waals surface area (Å²) in [6.45, 7) is 0. The number of rotatable bonds is 3. The molecule has 0 amide bonds. The van der Waals surface area contributed by atoms with Crippen molar-refractivity contribution in [2.24, 2.45) is 0 Å². The van der Waals surface area contributed by atoms with Gasteiger partial charge in [-0.05, 0) is 43.0 Å². The maximum atomic E-state index is 12.9. The van der Waals surface area contributed by atoms with Crippen LogP contribution in [0.5, 0.6) is 5.75 Å². The molecule has 0 saturated heterocycles. The molecule has 0 bridgehead atoms. The number of aryl methyl sites for hydroxylation is 1. The van der Waals surface area contributed by atoms with Crippen LogP contribution in [0.2, 0.25) is 0 Å². The summed E-state index contributed by atoms with van der Waals surface area (Å²) in [5, 5.41) is 8.57. The zero-order valence-corrected chi connectivity index (χ0v) is 8.78. The minimum atomic E-state index is -0.812. The van der Waals surface area contributed by atoms with Gasteiger partial charge in [-0.1, -0.05) is 0 Å². The average molecular weight is 224 g/mol. The van der Waals surface area contributed by atoms with E-state index in [9.17, 15) is 9.18 Å². The van der Waals surface area contributed by atoms with Gasteiger partial charge in [0.25, 0.3) is 0 Å². The Labute approximate surface area is 92.9 Å². The van der Waals surface area contributed by atoms with Crippen LogP contribution >= 0.6 is 0 Å². The standard InChI is InChI=1S/C12H13FO3/c13-9-2-5-11-8(7-9)1-3-10(16-11)4-6-12(14)15/h2,5,7,10H,1,3-4,6H2,(H,14,15). The highest BCUT2D eigenvalue weighted by Gasteiger charge is 2.20. The fourth-order valence-electron chi connectivity index (χ4n) is 1.90. The Morgan fingerprint density at radius 1 is 1.56 bits per heavy atom. The molecular weight excluding hydrogens is 211 g/mol. The van der Waals surface area contributed by atoms with E-state index in [1.54, 1.807) is 6.07 Å². The number of hydrogen-bond acceptors (Lipinski definition) is 2. The number of carboxylic acid groups (broad SMARTS) is 1. The summed E-state index contributed by atoms with van der Waals surface area (Å²) < 4.78 is 18.5. The zero-order chi connectivity index (χ0) is 11.5. The predicted molar refractivity (Wildman–Crippen MR) is 56.0 cm³/mol. The Kier molecular flexibility index (Phi) is 3.08.